The average Bonchev–Trinajstić information content (AvgIpc) is 1.75. The Bertz CT molecular complexity index is 3160. The fraction of sp³-hybridized carbons (Fsp3) is 0.530. The van der Waals surface area contributed by atoms with Crippen molar-refractivity contribution in [2.24, 2.45) is 5.41 Å². The Morgan fingerprint density at radius 3 is 2.19 bits per heavy atom. The molecule has 3 atom stereocenters. The van der Waals surface area contributed by atoms with Crippen LogP contribution in [0.15, 0.2) is 77.0 Å². The number of piperazine rings is 1. The van der Waals surface area contributed by atoms with Crippen molar-refractivity contribution in [1.29, 1.82) is 0 Å². The smallest absolute Gasteiger partial charge is 0.253 e. The zero-order valence-corrected chi connectivity index (χ0v) is 52.5. The number of aryl methyl sites for hydroxylation is 3. The molecule has 0 bridgehead atoms. The molecule has 0 saturated carbocycles. The van der Waals surface area contributed by atoms with Crippen LogP contribution in [0.25, 0.3) is 21.6 Å². The summed E-state index contributed by atoms with van der Waals surface area (Å²) in [6.07, 6.45) is 4.39. The summed E-state index contributed by atoms with van der Waals surface area (Å²) in [7, 11) is 0. The van der Waals surface area contributed by atoms with E-state index in [0.29, 0.717) is 50.1 Å². The summed E-state index contributed by atoms with van der Waals surface area (Å²) in [6, 6.07) is 21.1. The maximum Gasteiger partial charge on any atom is 0.253 e. The van der Waals surface area contributed by atoms with Crippen LogP contribution in [0.4, 0.5) is 5.69 Å². The number of aromatic nitrogens is 2. The van der Waals surface area contributed by atoms with E-state index in [4.69, 9.17) is 9.47 Å². The third kappa shape index (κ3) is 17.7. The van der Waals surface area contributed by atoms with Crippen LogP contribution in [0.3, 0.4) is 0 Å². The molecule has 1 unspecified atom stereocenters. The van der Waals surface area contributed by atoms with E-state index < -0.39 is 35.4 Å². The summed E-state index contributed by atoms with van der Waals surface area (Å²) < 4.78 is 11.4. The molecule has 3 aromatic carbocycles. The molecule has 19 nitrogen and oxygen atoms in total. The van der Waals surface area contributed by atoms with Gasteiger partial charge in [0.25, 0.3) is 11.5 Å². The van der Waals surface area contributed by atoms with E-state index in [1.807, 2.05) is 90.4 Å². The highest BCUT2D eigenvalue weighted by Crippen LogP contribution is 2.35. The number of unbranched alkanes of at least 4 members (excludes halogenated alkanes) is 3. The van der Waals surface area contributed by atoms with E-state index >= 15 is 0 Å². The topological polar surface area (TPSA) is 231 Å². The van der Waals surface area contributed by atoms with Gasteiger partial charge in [0.1, 0.15) is 18.7 Å². The van der Waals surface area contributed by atoms with Gasteiger partial charge in [0, 0.05) is 120 Å². The number of β-amino-alcohol motifs (C(OH)–C–C–N with tert-alkyl or cyclic N) is 1. The van der Waals surface area contributed by atoms with Gasteiger partial charge in [-0.25, -0.2) is 4.98 Å². The highest BCUT2D eigenvalue weighted by Gasteiger charge is 2.44. The van der Waals surface area contributed by atoms with Gasteiger partial charge in [-0.15, -0.1) is 11.3 Å². The molecule has 5 aromatic rings. The molecule has 3 aliphatic rings. The number of aliphatic hydroxyl groups excluding tert-OH is 1. The van der Waals surface area contributed by atoms with Crippen molar-refractivity contribution < 1.29 is 38.6 Å². The van der Waals surface area contributed by atoms with Crippen LogP contribution in [0.5, 0.6) is 0 Å². The predicted octanol–water partition coefficient (Wildman–Crippen LogP) is 6.95. The number of benzene rings is 3. The second-order valence-electron chi connectivity index (χ2n) is 24.4. The van der Waals surface area contributed by atoms with E-state index in [2.05, 4.69) is 83.2 Å². The Morgan fingerprint density at radius 2 is 1.51 bits per heavy atom. The number of aromatic amines is 1. The summed E-state index contributed by atoms with van der Waals surface area (Å²) in [5.41, 5.74) is 11.7. The number of pyridine rings is 1. The molecule has 3 saturated heterocycles. The van der Waals surface area contributed by atoms with Crippen LogP contribution in [0.1, 0.15) is 122 Å². The molecule has 5 heterocycles. The Hall–Kier alpha value is -6.81. The maximum atomic E-state index is 14.0. The standard InChI is InChI=1S/C66H90N10O9S/c1-9-75(52-22-30-84-31-23-52)56-34-51(33-54(45(56)4)62(80)69-37-55-43(2)32-44(3)71-63(55)81)49-18-16-48(17-19-49)38-73-25-27-74(28-26-73)40-58(78)67-24-12-10-11-13-29-85-41-59(79)72-61(66(6,7)8)65(83)76-39-53(77)35-57(76)64(82)68-36-47-14-20-50(21-15-47)60-46(5)70-42-86-60/h14-21,32-34,42,52-53,57,61,77H,9-13,22-31,35-41H2,1-8H3,(H,67,78)(H,68,82)(H,69,80)(H,71,81)(H,72,79)/t53-,57+,61?/m1/s1. The van der Waals surface area contributed by atoms with Crippen LogP contribution in [-0.2, 0) is 48.3 Å². The molecule has 3 fully saturated rings. The zero-order valence-electron chi connectivity index (χ0n) is 51.7. The van der Waals surface area contributed by atoms with Gasteiger partial charge in [-0.1, -0.05) is 82.1 Å². The minimum atomic E-state index is -0.949. The van der Waals surface area contributed by atoms with Crippen LogP contribution >= 0.6 is 11.3 Å². The number of likely N-dealkylation sites (tertiary alicyclic amines) is 1. The second-order valence-corrected chi connectivity index (χ2v) is 25.3. The fourth-order valence-corrected chi connectivity index (χ4v) is 12.7. The first-order chi connectivity index (χ1) is 41.3. The number of carbonyl (C=O) groups excluding carboxylic acids is 5. The normalized spacial score (nSPS) is 17.3. The largest absolute Gasteiger partial charge is 0.391 e. The summed E-state index contributed by atoms with van der Waals surface area (Å²) in [5.74, 6) is -1.43. The summed E-state index contributed by atoms with van der Waals surface area (Å²) >= 11 is 1.57. The Morgan fingerprint density at radius 1 is 0.826 bits per heavy atom. The molecule has 2 aromatic heterocycles. The number of amides is 5. The second kappa shape index (κ2) is 30.7. The summed E-state index contributed by atoms with van der Waals surface area (Å²) in [4.78, 5) is 97.2. The Labute approximate surface area is 511 Å². The third-order valence-electron chi connectivity index (χ3n) is 16.8. The lowest BCUT2D eigenvalue weighted by atomic mass is 9.85. The monoisotopic (exact) mass is 1200 g/mol. The summed E-state index contributed by atoms with van der Waals surface area (Å²) in [5, 5.41) is 22.5. The Balaban J connectivity index is 0.714. The average molecular weight is 1200 g/mol. The van der Waals surface area contributed by atoms with E-state index in [9.17, 15) is 33.9 Å². The van der Waals surface area contributed by atoms with Crippen molar-refractivity contribution in [3.8, 4) is 21.6 Å². The molecule has 0 aliphatic carbocycles. The van der Waals surface area contributed by atoms with Crippen molar-refractivity contribution >= 4 is 46.6 Å². The number of H-pyrrole nitrogens is 1. The van der Waals surface area contributed by atoms with E-state index in [-0.39, 0.29) is 55.9 Å². The molecule has 0 radical (unpaired) electrons. The van der Waals surface area contributed by atoms with Crippen molar-refractivity contribution in [2.45, 2.75) is 144 Å². The lowest BCUT2D eigenvalue weighted by Crippen LogP contribution is -2.58. The molecular weight excluding hydrogens is 1110 g/mol. The van der Waals surface area contributed by atoms with E-state index in [1.54, 1.807) is 11.3 Å². The maximum absolute atomic E-state index is 14.0. The van der Waals surface area contributed by atoms with Gasteiger partial charge in [0.2, 0.25) is 23.6 Å². The van der Waals surface area contributed by atoms with Gasteiger partial charge in [-0.2, -0.15) is 0 Å². The number of hydrogen-bond acceptors (Lipinski definition) is 14. The molecule has 5 amide bonds. The number of rotatable bonds is 26. The zero-order chi connectivity index (χ0) is 61.5. The SMILES string of the molecule is CCN(c1cc(-c2ccc(CN3CCN(CC(=O)NCCCCCCOCC(=O)NC(C(=O)N4C[C@H](O)C[C@H]4C(=O)NCc4ccc(-c5scnc5C)cc4)C(C)(C)C)CC3)cc2)cc(C(=O)NCc2c(C)cc(C)[nH]c2=O)c1C)C1CCOCC1. The fourth-order valence-electron chi connectivity index (χ4n) is 11.9. The molecule has 3 aliphatic heterocycles. The molecule has 464 valence electrons. The third-order valence-corrected chi connectivity index (χ3v) is 17.8. The van der Waals surface area contributed by atoms with Gasteiger partial charge in [-0.05, 0) is 123 Å². The quantitative estimate of drug-likeness (QED) is 0.0308. The molecule has 8 rings (SSSR count). The molecule has 86 heavy (non-hydrogen) atoms. The first-order valence-corrected chi connectivity index (χ1v) is 31.5. The number of carbonyl (C=O) groups is 5. The number of nitrogens with zero attached hydrogens (tertiary/aromatic N) is 5. The Kier molecular flexibility index (Phi) is 23.3. The highest BCUT2D eigenvalue weighted by molar-refractivity contribution is 7.13. The lowest BCUT2D eigenvalue weighted by molar-refractivity contribution is -0.144. The molecular formula is C66H90N10O9S. The van der Waals surface area contributed by atoms with Crippen molar-refractivity contribution in [1.82, 2.24) is 45.9 Å². The first kappa shape index (κ1) is 65.2. The van der Waals surface area contributed by atoms with Crippen LogP contribution in [0.2, 0.25) is 0 Å². The number of nitrogens with one attached hydrogen (secondary N) is 5. The van der Waals surface area contributed by atoms with Crippen molar-refractivity contribution in [3.05, 3.63) is 127 Å². The number of ether oxygens (including phenoxy) is 2. The first-order valence-electron chi connectivity index (χ1n) is 30.7. The summed E-state index contributed by atoms with van der Waals surface area (Å²) in [6.45, 7) is 23.2. The van der Waals surface area contributed by atoms with Crippen LogP contribution in [0, 0.1) is 33.1 Å². The van der Waals surface area contributed by atoms with Crippen molar-refractivity contribution in [3.63, 3.8) is 0 Å². The number of anilines is 1. The minimum absolute atomic E-state index is 0.00947. The van der Waals surface area contributed by atoms with Gasteiger partial charge in [0.15, 0.2) is 0 Å². The number of thiazole rings is 1. The molecule has 0 spiro atoms. The molecule has 6 N–H and O–H groups in total. The van der Waals surface area contributed by atoms with Gasteiger partial charge < -0.3 is 50.6 Å². The van der Waals surface area contributed by atoms with Gasteiger partial charge >= 0.3 is 0 Å². The van der Waals surface area contributed by atoms with Gasteiger partial charge in [-0.3, -0.25) is 38.6 Å². The number of hydrogen-bond donors (Lipinski definition) is 6. The van der Waals surface area contributed by atoms with Crippen molar-refractivity contribution in [2.75, 3.05) is 83.7 Å². The van der Waals surface area contributed by atoms with Crippen LogP contribution in [-0.4, -0.2) is 162 Å². The minimum Gasteiger partial charge on any atom is -0.391 e. The number of aliphatic hydroxyl groups is 1. The predicted molar refractivity (Wildman–Crippen MR) is 337 cm³/mol. The van der Waals surface area contributed by atoms with E-state index in [1.165, 1.54) is 10.5 Å². The van der Waals surface area contributed by atoms with Crippen LogP contribution < -0.4 is 31.7 Å². The molecule has 20 heteroatoms. The van der Waals surface area contributed by atoms with E-state index in [0.717, 1.165) is 133 Å². The highest BCUT2D eigenvalue weighted by atomic mass is 32.1. The van der Waals surface area contributed by atoms with Gasteiger partial charge in [0.05, 0.1) is 28.7 Å². The lowest BCUT2D eigenvalue weighted by Gasteiger charge is -2.37.